The van der Waals surface area contributed by atoms with Crippen molar-refractivity contribution in [1.82, 2.24) is 19.9 Å². The van der Waals surface area contributed by atoms with E-state index in [1.165, 1.54) is 6.20 Å². The predicted octanol–water partition coefficient (Wildman–Crippen LogP) is 1.58. The van der Waals surface area contributed by atoms with Crippen LogP contribution < -0.4 is 5.73 Å². The molecule has 1 fully saturated rings. The van der Waals surface area contributed by atoms with Gasteiger partial charge in [0.15, 0.2) is 0 Å². The number of ether oxygens (including phenoxy) is 1. The number of aromatic nitrogens is 3. The molecule has 24 heavy (non-hydrogen) atoms. The molecule has 0 aliphatic carbocycles. The van der Waals surface area contributed by atoms with Crippen molar-refractivity contribution in [3.8, 4) is 0 Å². The molecule has 0 saturated carbocycles. The van der Waals surface area contributed by atoms with Gasteiger partial charge in [-0.05, 0) is 31.4 Å². The molecule has 3 heterocycles. The third-order valence-electron chi connectivity index (χ3n) is 4.17. The van der Waals surface area contributed by atoms with Crippen LogP contribution in [-0.2, 0) is 11.3 Å². The Kier molecular flexibility index (Phi) is 5.00. The number of carbonyl (C=O) groups excluding carboxylic acids is 1. The van der Waals surface area contributed by atoms with Gasteiger partial charge in [-0.25, -0.2) is 9.97 Å². The summed E-state index contributed by atoms with van der Waals surface area (Å²) in [6.07, 6.45) is 6.87. The topological polar surface area (TPSA) is 94.2 Å². The zero-order valence-corrected chi connectivity index (χ0v) is 13.7. The maximum atomic E-state index is 12.6. The van der Waals surface area contributed by atoms with Crippen molar-refractivity contribution in [2.45, 2.75) is 32.5 Å². The van der Waals surface area contributed by atoms with E-state index < -0.39 is 0 Å². The third-order valence-corrected chi connectivity index (χ3v) is 4.17. The fourth-order valence-electron chi connectivity index (χ4n) is 2.79. The number of nitrogen functional groups attached to an aromatic ring is 1. The quantitative estimate of drug-likeness (QED) is 0.916. The van der Waals surface area contributed by atoms with E-state index in [2.05, 4.69) is 15.0 Å². The molecule has 2 aromatic heterocycles. The summed E-state index contributed by atoms with van der Waals surface area (Å²) in [5.74, 6) is 0.143. The Bertz CT molecular complexity index is 699. The SMILES string of the molecule is Cc1nc(N)ncc1C(=O)N1CCC(OCc2cccnc2)CC1. The standard InChI is InChI=1S/C17H21N5O2/c1-12-15(10-20-17(18)21-12)16(23)22-7-4-14(5-8-22)24-11-13-3-2-6-19-9-13/h2-3,6,9-10,14H,4-5,7-8,11H2,1H3,(H2,18,20,21). The lowest BCUT2D eigenvalue weighted by Gasteiger charge is -2.32. The van der Waals surface area contributed by atoms with Crippen LogP contribution in [0.5, 0.6) is 0 Å². The van der Waals surface area contributed by atoms with Crippen LogP contribution in [0.15, 0.2) is 30.7 Å². The first kappa shape index (κ1) is 16.3. The van der Waals surface area contributed by atoms with Gasteiger partial charge in [-0.15, -0.1) is 0 Å². The molecule has 0 radical (unpaired) electrons. The molecule has 1 amide bonds. The van der Waals surface area contributed by atoms with Gasteiger partial charge in [-0.3, -0.25) is 9.78 Å². The van der Waals surface area contributed by atoms with E-state index in [-0.39, 0.29) is 18.0 Å². The molecule has 0 unspecified atom stereocenters. The first-order chi connectivity index (χ1) is 11.6. The Hall–Kier alpha value is -2.54. The summed E-state index contributed by atoms with van der Waals surface area (Å²) in [6, 6.07) is 3.90. The highest BCUT2D eigenvalue weighted by Gasteiger charge is 2.25. The molecule has 0 spiro atoms. The number of piperidine rings is 1. The molecular weight excluding hydrogens is 306 g/mol. The van der Waals surface area contributed by atoms with Gasteiger partial charge in [-0.1, -0.05) is 6.07 Å². The molecule has 7 heteroatoms. The molecule has 0 atom stereocenters. The molecule has 1 saturated heterocycles. The summed E-state index contributed by atoms with van der Waals surface area (Å²) in [7, 11) is 0. The average Bonchev–Trinajstić information content (AvgIpc) is 2.61. The Morgan fingerprint density at radius 1 is 1.38 bits per heavy atom. The van der Waals surface area contributed by atoms with Crippen LogP contribution in [0.4, 0.5) is 5.95 Å². The van der Waals surface area contributed by atoms with Crippen molar-refractivity contribution in [2.75, 3.05) is 18.8 Å². The lowest BCUT2D eigenvalue weighted by molar-refractivity contribution is -0.000499. The molecule has 7 nitrogen and oxygen atoms in total. The Labute approximate surface area is 140 Å². The van der Waals surface area contributed by atoms with E-state index in [4.69, 9.17) is 10.5 Å². The van der Waals surface area contributed by atoms with Crippen LogP contribution in [0.2, 0.25) is 0 Å². The molecule has 1 aliphatic rings. The highest BCUT2D eigenvalue weighted by molar-refractivity contribution is 5.95. The van der Waals surface area contributed by atoms with Crippen LogP contribution in [0, 0.1) is 6.92 Å². The van der Waals surface area contributed by atoms with Crippen LogP contribution >= 0.6 is 0 Å². The van der Waals surface area contributed by atoms with Gasteiger partial charge < -0.3 is 15.4 Å². The van der Waals surface area contributed by atoms with Crippen LogP contribution in [0.1, 0.15) is 34.5 Å². The summed E-state index contributed by atoms with van der Waals surface area (Å²) in [5.41, 5.74) is 7.72. The molecular formula is C17H21N5O2. The second-order valence-electron chi connectivity index (χ2n) is 5.89. The lowest BCUT2D eigenvalue weighted by atomic mass is 10.1. The van der Waals surface area contributed by atoms with E-state index in [0.29, 0.717) is 31.0 Å². The molecule has 2 N–H and O–H groups in total. The largest absolute Gasteiger partial charge is 0.373 e. The smallest absolute Gasteiger partial charge is 0.257 e. The van der Waals surface area contributed by atoms with Gasteiger partial charge in [0.05, 0.1) is 24.0 Å². The number of rotatable bonds is 4. The monoisotopic (exact) mass is 327 g/mol. The summed E-state index contributed by atoms with van der Waals surface area (Å²) in [4.78, 5) is 26.5. The summed E-state index contributed by atoms with van der Waals surface area (Å²) >= 11 is 0. The summed E-state index contributed by atoms with van der Waals surface area (Å²) in [5, 5.41) is 0. The lowest BCUT2D eigenvalue weighted by Crippen LogP contribution is -2.41. The minimum Gasteiger partial charge on any atom is -0.373 e. The Morgan fingerprint density at radius 3 is 2.83 bits per heavy atom. The van der Waals surface area contributed by atoms with Crippen molar-refractivity contribution < 1.29 is 9.53 Å². The number of aryl methyl sites for hydroxylation is 1. The minimum absolute atomic E-state index is 0.0433. The van der Waals surface area contributed by atoms with Crippen molar-refractivity contribution in [2.24, 2.45) is 0 Å². The fourth-order valence-corrected chi connectivity index (χ4v) is 2.79. The number of amides is 1. The number of hydrogen-bond donors (Lipinski definition) is 1. The molecule has 0 aromatic carbocycles. The number of carbonyl (C=O) groups is 1. The van der Waals surface area contributed by atoms with E-state index in [1.54, 1.807) is 13.1 Å². The van der Waals surface area contributed by atoms with Crippen molar-refractivity contribution in [1.29, 1.82) is 0 Å². The normalized spacial score (nSPS) is 15.5. The van der Waals surface area contributed by atoms with Crippen molar-refractivity contribution in [3.63, 3.8) is 0 Å². The van der Waals surface area contributed by atoms with Gasteiger partial charge in [0.2, 0.25) is 5.95 Å². The number of nitrogens with zero attached hydrogens (tertiary/aromatic N) is 4. The fraction of sp³-hybridized carbons (Fsp3) is 0.412. The summed E-state index contributed by atoms with van der Waals surface area (Å²) in [6.45, 7) is 3.66. The second-order valence-corrected chi connectivity index (χ2v) is 5.89. The van der Waals surface area contributed by atoms with E-state index in [9.17, 15) is 4.79 Å². The maximum absolute atomic E-state index is 12.6. The van der Waals surface area contributed by atoms with Crippen LogP contribution in [0.3, 0.4) is 0 Å². The third kappa shape index (κ3) is 3.86. The first-order valence-electron chi connectivity index (χ1n) is 8.02. The van der Waals surface area contributed by atoms with Gasteiger partial charge in [0.25, 0.3) is 5.91 Å². The van der Waals surface area contributed by atoms with Gasteiger partial charge in [0.1, 0.15) is 0 Å². The highest BCUT2D eigenvalue weighted by Crippen LogP contribution is 2.18. The van der Waals surface area contributed by atoms with Gasteiger partial charge >= 0.3 is 0 Å². The average molecular weight is 327 g/mol. The maximum Gasteiger partial charge on any atom is 0.257 e. The molecule has 0 bridgehead atoms. The van der Waals surface area contributed by atoms with Crippen molar-refractivity contribution >= 4 is 11.9 Å². The Morgan fingerprint density at radius 2 is 2.17 bits per heavy atom. The van der Waals surface area contributed by atoms with Gasteiger partial charge in [0, 0.05) is 31.7 Å². The zero-order valence-electron chi connectivity index (χ0n) is 13.7. The predicted molar refractivity (Wildman–Crippen MR) is 89.1 cm³/mol. The second kappa shape index (κ2) is 7.35. The Balaban J connectivity index is 1.52. The van der Waals surface area contributed by atoms with Crippen LogP contribution in [-0.4, -0.2) is 45.0 Å². The number of nitrogens with two attached hydrogens (primary N) is 1. The van der Waals surface area contributed by atoms with Gasteiger partial charge in [-0.2, -0.15) is 0 Å². The summed E-state index contributed by atoms with van der Waals surface area (Å²) < 4.78 is 5.92. The molecule has 126 valence electrons. The molecule has 3 rings (SSSR count). The number of likely N-dealkylation sites (tertiary alicyclic amines) is 1. The van der Waals surface area contributed by atoms with E-state index >= 15 is 0 Å². The molecule has 2 aromatic rings. The highest BCUT2D eigenvalue weighted by atomic mass is 16.5. The van der Waals surface area contributed by atoms with Crippen LogP contribution in [0.25, 0.3) is 0 Å². The number of hydrogen-bond acceptors (Lipinski definition) is 6. The zero-order chi connectivity index (χ0) is 16.9. The first-order valence-corrected chi connectivity index (χ1v) is 8.02. The number of pyridine rings is 1. The van der Waals surface area contributed by atoms with Crippen molar-refractivity contribution in [3.05, 3.63) is 47.5 Å². The van der Waals surface area contributed by atoms with E-state index in [1.807, 2.05) is 23.2 Å². The van der Waals surface area contributed by atoms with E-state index in [0.717, 1.165) is 18.4 Å². The minimum atomic E-state index is -0.0433. The number of anilines is 1. The molecule has 1 aliphatic heterocycles.